The van der Waals surface area contributed by atoms with Crippen LogP contribution in [0, 0.1) is 18.7 Å². The Bertz CT molecular complexity index is 900. The van der Waals surface area contributed by atoms with Crippen LogP contribution < -0.4 is 10.2 Å². The average Bonchev–Trinajstić information content (AvgIpc) is 2.90. The van der Waals surface area contributed by atoms with E-state index < -0.39 is 0 Å². The molecule has 2 heterocycles. The number of amides is 1. The maximum Gasteiger partial charge on any atom is 0.231 e. The first-order valence-electron chi connectivity index (χ1n) is 7.77. The lowest BCUT2D eigenvalue weighted by Gasteiger charge is -2.37. The van der Waals surface area contributed by atoms with Crippen LogP contribution in [0.15, 0.2) is 42.5 Å². The third-order valence-corrected chi connectivity index (χ3v) is 5.25. The van der Waals surface area contributed by atoms with Crippen molar-refractivity contribution >= 4 is 38.3 Å². The Kier molecular flexibility index (Phi) is 3.69. The van der Waals surface area contributed by atoms with Crippen molar-refractivity contribution in [3.63, 3.8) is 0 Å². The Morgan fingerprint density at radius 3 is 2.75 bits per heavy atom. The summed E-state index contributed by atoms with van der Waals surface area (Å²) in [5.41, 5.74) is 2.84. The lowest BCUT2D eigenvalue weighted by Crippen LogP contribution is -2.52. The van der Waals surface area contributed by atoms with Crippen LogP contribution in [0.25, 0.3) is 10.2 Å². The number of hydrogen-bond donors (Lipinski definition) is 1. The van der Waals surface area contributed by atoms with E-state index in [0.717, 1.165) is 10.6 Å². The number of fused-ring (bicyclic) bond motifs is 1. The quantitative estimate of drug-likeness (QED) is 0.788. The topological polar surface area (TPSA) is 45.2 Å². The summed E-state index contributed by atoms with van der Waals surface area (Å²) in [5, 5.41) is 3.79. The largest absolute Gasteiger partial charge is 0.346 e. The van der Waals surface area contributed by atoms with Crippen LogP contribution in [0.3, 0.4) is 0 Å². The van der Waals surface area contributed by atoms with Gasteiger partial charge in [0.1, 0.15) is 5.82 Å². The predicted molar refractivity (Wildman–Crippen MR) is 95.1 cm³/mol. The number of nitrogens with zero attached hydrogens (tertiary/aromatic N) is 2. The summed E-state index contributed by atoms with van der Waals surface area (Å²) in [6, 6.07) is 12.0. The summed E-state index contributed by atoms with van der Waals surface area (Å²) < 4.78 is 14.1. The number of anilines is 2. The maximum atomic E-state index is 12.9. The first-order valence-corrected chi connectivity index (χ1v) is 8.59. The number of benzene rings is 2. The smallest absolute Gasteiger partial charge is 0.231 e. The summed E-state index contributed by atoms with van der Waals surface area (Å²) in [6.07, 6.45) is 0. The van der Waals surface area contributed by atoms with E-state index in [-0.39, 0.29) is 17.6 Å². The third kappa shape index (κ3) is 2.85. The number of carbonyl (C=O) groups is 1. The molecule has 0 aliphatic carbocycles. The molecule has 4 nitrogen and oxygen atoms in total. The number of nitrogens with one attached hydrogen (secondary N) is 1. The van der Waals surface area contributed by atoms with E-state index >= 15 is 0 Å². The fourth-order valence-corrected chi connectivity index (χ4v) is 3.82. The molecule has 1 aromatic heterocycles. The summed E-state index contributed by atoms with van der Waals surface area (Å²) in [4.78, 5) is 19.0. The van der Waals surface area contributed by atoms with Crippen LogP contribution in [0.1, 0.15) is 5.56 Å². The molecule has 24 heavy (non-hydrogen) atoms. The van der Waals surface area contributed by atoms with E-state index in [2.05, 4.69) is 34.3 Å². The second-order valence-electron chi connectivity index (χ2n) is 6.07. The second-order valence-corrected chi connectivity index (χ2v) is 7.07. The molecule has 1 fully saturated rings. The van der Waals surface area contributed by atoms with E-state index in [1.807, 2.05) is 6.07 Å². The minimum atomic E-state index is -0.311. The Morgan fingerprint density at radius 2 is 2.00 bits per heavy atom. The van der Waals surface area contributed by atoms with Gasteiger partial charge in [-0.05, 0) is 48.9 Å². The van der Waals surface area contributed by atoms with Crippen LogP contribution in [0.5, 0.6) is 0 Å². The van der Waals surface area contributed by atoms with Gasteiger partial charge in [-0.15, -0.1) is 0 Å². The van der Waals surface area contributed by atoms with E-state index in [1.54, 1.807) is 23.5 Å². The molecule has 122 valence electrons. The van der Waals surface area contributed by atoms with Gasteiger partial charge in [-0.2, -0.15) is 0 Å². The molecule has 3 aromatic rings. The molecule has 0 saturated carbocycles. The number of aryl methyl sites for hydroxylation is 1. The number of hydrogen-bond acceptors (Lipinski definition) is 4. The van der Waals surface area contributed by atoms with Gasteiger partial charge in [-0.1, -0.05) is 17.4 Å². The van der Waals surface area contributed by atoms with Crippen molar-refractivity contribution < 1.29 is 9.18 Å². The highest BCUT2D eigenvalue weighted by Gasteiger charge is 2.34. The van der Waals surface area contributed by atoms with E-state index in [9.17, 15) is 9.18 Å². The predicted octanol–water partition coefficient (Wildman–Crippen LogP) is 3.82. The van der Waals surface area contributed by atoms with Crippen molar-refractivity contribution in [2.75, 3.05) is 23.3 Å². The van der Waals surface area contributed by atoms with Gasteiger partial charge in [-0.3, -0.25) is 4.79 Å². The molecule has 6 heteroatoms. The Labute approximate surface area is 142 Å². The molecule has 1 aliphatic rings. The standard InChI is InChI=1S/C18H16FN3OS/c1-11-2-7-15-16(8-11)24-18(21-15)22-9-12(10-22)17(23)20-14-5-3-13(19)4-6-14/h2-8,12H,9-10H2,1H3,(H,20,23). The summed E-state index contributed by atoms with van der Waals surface area (Å²) in [5.74, 6) is -0.410. The van der Waals surface area contributed by atoms with Gasteiger partial charge < -0.3 is 10.2 Å². The second kappa shape index (κ2) is 5.87. The molecule has 1 aliphatic heterocycles. The molecule has 2 aromatic carbocycles. The summed E-state index contributed by atoms with van der Waals surface area (Å²) >= 11 is 1.66. The third-order valence-electron chi connectivity index (χ3n) is 4.17. The molecule has 0 radical (unpaired) electrons. The Morgan fingerprint density at radius 1 is 1.25 bits per heavy atom. The molecular formula is C18H16FN3OS. The highest BCUT2D eigenvalue weighted by Crippen LogP contribution is 2.33. The van der Waals surface area contributed by atoms with Gasteiger partial charge in [0, 0.05) is 18.8 Å². The van der Waals surface area contributed by atoms with Crippen molar-refractivity contribution in [1.29, 1.82) is 0 Å². The molecule has 0 bridgehead atoms. The summed E-state index contributed by atoms with van der Waals surface area (Å²) in [7, 11) is 0. The van der Waals surface area contributed by atoms with Crippen molar-refractivity contribution in [1.82, 2.24) is 4.98 Å². The normalized spacial score (nSPS) is 14.7. The molecule has 1 N–H and O–H groups in total. The van der Waals surface area contributed by atoms with E-state index in [1.165, 1.54) is 22.4 Å². The van der Waals surface area contributed by atoms with Crippen molar-refractivity contribution in [2.24, 2.45) is 5.92 Å². The van der Waals surface area contributed by atoms with E-state index in [4.69, 9.17) is 0 Å². The highest BCUT2D eigenvalue weighted by atomic mass is 32.1. The van der Waals surface area contributed by atoms with Crippen LogP contribution in [0.4, 0.5) is 15.2 Å². The van der Waals surface area contributed by atoms with Gasteiger partial charge in [0.15, 0.2) is 5.13 Å². The van der Waals surface area contributed by atoms with Crippen molar-refractivity contribution in [2.45, 2.75) is 6.92 Å². The number of rotatable bonds is 3. The van der Waals surface area contributed by atoms with Gasteiger partial charge in [0.25, 0.3) is 0 Å². The molecule has 1 amide bonds. The zero-order valence-electron chi connectivity index (χ0n) is 13.1. The number of thiazole rings is 1. The molecular weight excluding hydrogens is 325 g/mol. The maximum absolute atomic E-state index is 12.9. The van der Waals surface area contributed by atoms with E-state index in [0.29, 0.717) is 18.8 Å². The van der Waals surface area contributed by atoms with Crippen LogP contribution in [0.2, 0.25) is 0 Å². The van der Waals surface area contributed by atoms with Crippen LogP contribution >= 0.6 is 11.3 Å². The zero-order chi connectivity index (χ0) is 16.7. The number of carbonyl (C=O) groups excluding carboxylic acids is 1. The van der Waals surface area contributed by atoms with Gasteiger partial charge >= 0.3 is 0 Å². The molecule has 4 rings (SSSR count). The molecule has 0 atom stereocenters. The van der Waals surface area contributed by atoms with Crippen LogP contribution in [-0.2, 0) is 4.79 Å². The Balaban J connectivity index is 1.39. The Hall–Kier alpha value is -2.47. The summed E-state index contributed by atoms with van der Waals surface area (Å²) in [6.45, 7) is 3.38. The molecule has 0 spiro atoms. The lowest BCUT2D eigenvalue weighted by atomic mass is 10.00. The number of aromatic nitrogens is 1. The number of halogens is 1. The first kappa shape index (κ1) is 15.1. The minimum absolute atomic E-state index is 0.0326. The van der Waals surface area contributed by atoms with Crippen molar-refractivity contribution in [3.8, 4) is 0 Å². The average molecular weight is 341 g/mol. The van der Waals surface area contributed by atoms with Gasteiger partial charge in [0.2, 0.25) is 5.91 Å². The zero-order valence-corrected chi connectivity index (χ0v) is 13.9. The fraction of sp³-hybridized carbons (Fsp3) is 0.222. The van der Waals surface area contributed by atoms with Crippen LogP contribution in [-0.4, -0.2) is 24.0 Å². The SMILES string of the molecule is Cc1ccc2nc(N3CC(C(=O)Nc4ccc(F)cc4)C3)sc2c1. The minimum Gasteiger partial charge on any atom is -0.346 e. The lowest BCUT2D eigenvalue weighted by molar-refractivity contribution is -0.120. The van der Waals surface area contributed by atoms with Gasteiger partial charge in [-0.25, -0.2) is 9.37 Å². The highest BCUT2D eigenvalue weighted by molar-refractivity contribution is 7.22. The van der Waals surface area contributed by atoms with Crippen molar-refractivity contribution in [3.05, 3.63) is 53.8 Å². The molecule has 1 saturated heterocycles. The monoisotopic (exact) mass is 341 g/mol. The van der Waals surface area contributed by atoms with Gasteiger partial charge in [0.05, 0.1) is 16.1 Å². The molecule has 0 unspecified atom stereocenters. The fourth-order valence-electron chi connectivity index (χ4n) is 2.73. The first-order chi connectivity index (χ1) is 11.6.